The number of nitro benzene ring substituents is 1. The number of aromatic nitrogens is 2. The Hall–Kier alpha value is -2.35. The van der Waals surface area contributed by atoms with Gasteiger partial charge in [-0.25, -0.2) is 9.97 Å². The fraction of sp³-hybridized carbons (Fsp3) is 0. The van der Waals surface area contributed by atoms with Crippen molar-refractivity contribution in [1.82, 2.24) is 9.97 Å². The minimum Gasteiger partial charge on any atom is -0.319 e. The Labute approximate surface area is 116 Å². The van der Waals surface area contributed by atoms with Gasteiger partial charge in [0.15, 0.2) is 0 Å². The molecule has 1 aromatic heterocycles. The van der Waals surface area contributed by atoms with Gasteiger partial charge in [-0.15, -0.1) is 0 Å². The third-order valence-electron chi connectivity index (χ3n) is 2.22. The lowest BCUT2D eigenvalue weighted by Gasteiger charge is -2.05. The zero-order chi connectivity index (χ0) is 13.8. The summed E-state index contributed by atoms with van der Waals surface area (Å²) in [7, 11) is 0. The summed E-state index contributed by atoms with van der Waals surface area (Å²) in [6, 6.07) is 3.96. The quantitative estimate of drug-likeness (QED) is 0.691. The molecule has 0 aliphatic carbocycles. The molecule has 1 N–H and O–H groups in total. The first kappa shape index (κ1) is 13.1. The van der Waals surface area contributed by atoms with Gasteiger partial charge in [0.1, 0.15) is 6.33 Å². The molecule has 19 heavy (non-hydrogen) atoms. The molecule has 0 saturated heterocycles. The summed E-state index contributed by atoms with van der Waals surface area (Å²) in [5, 5.41) is 13.2. The van der Waals surface area contributed by atoms with Crippen LogP contribution in [-0.2, 0) is 0 Å². The molecule has 1 amide bonds. The summed E-state index contributed by atoms with van der Waals surface area (Å²) in [6.07, 6.45) is 4.19. The van der Waals surface area contributed by atoms with Crippen LogP contribution in [0.5, 0.6) is 0 Å². The maximum Gasteiger partial charge on any atom is 0.270 e. The van der Waals surface area contributed by atoms with Gasteiger partial charge in [0.25, 0.3) is 11.6 Å². The standard InChI is InChI=1S/C11H7BrN4O3/c12-10-2-1-8(16(18)19)3-9(10)11(17)15-7-4-13-6-14-5-7/h1-6H,(H,15,17). The van der Waals surface area contributed by atoms with Crippen molar-refractivity contribution < 1.29 is 9.72 Å². The van der Waals surface area contributed by atoms with Crippen LogP contribution in [0.4, 0.5) is 11.4 Å². The van der Waals surface area contributed by atoms with Crippen molar-refractivity contribution in [2.24, 2.45) is 0 Å². The van der Waals surface area contributed by atoms with Crippen molar-refractivity contribution in [1.29, 1.82) is 0 Å². The molecule has 0 spiro atoms. The monoisotopic (exact) mass is 322 g/mol. The lowest BCUT2D eigenvalue weighted by molar-refractivity contribution is -0.384. The Morgan fingerprint density at radius 1 is 1.32 bits per heavy atom. The number of nitrogens with zero attached hydrogens (tertiary/aromatic N) is 3. The van der Waals surface area contributed by atoms with Gasteiger partial charge in [-0.1, -0.05) is 0 Å². The number of anilines is 1. The number of non-ortho nitro benzene ring substituents is 1. The first-order valence-electron chi connectivity index (χ1n) is 5.08. The molecule has 0 aliphatic rings. The second kappa shape index (κ2) is 5.53. The zero-order valence-corrected chi connectivity index (χ0v) is 11.0. The predicted octanol–water partition coefficient (Wildman–Crippen LogP) is 2.40. The largest absolute Gasteiger partial charge is 0.319 e. The summed E-state index contributed by atoms with van der Waals surface area (Å²) < 4.78 is 0.465. The van der Waals surface area contributed by atoms with E-state index in [4.69, 9.17) is 0 Å². The van der Waals surface area contributed by atoms with E-state index >= 15 is 0 Å². The molecule has 0 radical (unpaired) electrons. The van der Waals surface area contributed by atoms with Crippen LogP contribution in [0.2, 0.25) is 0 Å². The van der Waals surface area contributed by atoms with Gasteiger partial charge < -0.3 is 5.32 Å². The van der Waals surface area contributed by atoms with Gasteiger partial charge in [0.2, 0.25) is 0 Å². The average molecular weight is 323 g/mol. The number of rotatable bonds is 3. The van der Waals surface area contributed by atoms with E-state index < -0.39 is 10.8 Å². The normalized spacial score (nSPS) is 9.95. The van der Waals surface area contributed by atoms with Gasteiger partial charge in [-0.3, -0.25) is 14.9 Å². The van der Waals surface area contributed by atoms with E-state index in [-0.39, 0.29) is 11.3 Å². The Morgan fingerprint density at radius 3 is 2.63 bits per heavy atom. The predicted molar refractivity (Wildman–Crippen MR) is 70.8 cm³/mol. The number of benzene rings is 1. The molecule has 96 valence electrons. The van der Waals surface area contributed by atoms with Crippen molar-refractivity contribution in [3.8, 4) is 0 Å². The van der Waals surface area contributed by atoms with E-state index in [2.05, 4.69) is 31.2 Å². The topological polar surface area (TPSA) is 98.0 Å². The minimum absolute atomic E-state index is 0.155. The van der Waals surface area contributed by atoms with E-state index in [9.17, 15) is 14.9 Å². The van der Waals surface area contributed by atoms with Crippen LogP contribution in [0.25, 0.3) is 0 Å². The van der Waals surface area contributed by atoms with Crippen LogP contribution in [0, 0.1) is 10.1 Å². The summed E-state index contributed by atoms with van der Waals surface area (Å²) in [5.74, 6) is -0.481. The summed E-state index contributed by atoms with van der Waals surface area (Å²) in [4.78, 5) is 29.6. The van der Waals surface area contributed by atoms with E-state index in [1.165, 1.54) is 36.9 Å². The molecule has 1 aromatic carbocycles. The maximum atomic E-state index is 12.0. The SMILES string of the molecule is O=C(Nc1cncnc1)c1cc([N+](=O)[O-])ccc1Br. The van der Waals surface area contributed by atoms with Crippen molar-refractivity contribution in [2.45, 2.75) is 0 Å². The highest BCUT2D eigenvalue weighted by molar-refractivity contribution is 9.10. The van der Waals surface area contributed by atoms with E-state index in [0.717, 1.165) is 0 Å². The molecular formula is C11H7BrN4O3. The molecule has 0 saturated carbocycles. The first-order chi connectivity index (χ1) is 9.08. The molecule has 0 bridgehead atoms. The van der Waals surface area contributed by atoms with Crippen LogP contribution in [0.1, 0.15) is 10.4 Å². The van der Waals surface area contributed by atoms with Crippen LogP contribution < -0.4 is 5.32 Å². The highest BCUT2D eigenvalue weighted by atomic mass is 79.9. The molecule has 0 fully saturated rings. The number of hydrogen-bond donors (Lipinski definition) is 1. The number of nitrogens with one attached hydrogen (secondary N) is 1. The van der Waals surface area contributed by atoms with Crippen LogP contribution in [0.3, 0.4) is 0 Å². The molecule has 0 aliphatic heterocycles. The summed E-state index contributed by atoms with van der Waals surface area (Å²) in [5.41, 5.74) is 0.418. The van der Waals surface area contributed by atoms with Crippen LogP contribution in [0.15, 0.2) is 41.4 Å². The van der Waals surface area contributed by atoms with Crippen molar-refractivity contribution in [3.05, 3.63) is 57.1 Å². The second-order valence-electron chi connectivity index (χ2n) is 3.50. The molecule has 8 heteroatoms. The molecule has 1 heterocycles. The number of nitro groups is 1. The van der Waals surface area contributed by atoms with E-state index in [0.29, 0.717) is 10.2 Å². The minimum atomic E-state index is -0.561. The highest BCUT2D eigenvalue weighted by Crippen LogP contribution is 2.23. The number of halogens is 1. The van der Waals surface area contributed by atoms with Gasteiger partial charge in [0.05, 0.1) is 28.6 Å². The summed E-state index contributed by atoms with van der Waals surface area (Å²) >= 11 is 3.18. The Balaban J connectivity index is 2.28. The Kier molecular flexibility index (Phi) is 3.81. The fourth-order valence-corrected chi connectivity index (χ4v) is 1.79. The molecule has 2 rings (SSSR count). The second-order valence-corrected chi connectivity index (χ2v) is 4.36. The van der Waals surface area contributed by atoms with Crippen LogP contribution in [-0.4, -0.2) is 20.8 Å². The number of carbonyl (C=O) groups is 1. The van der Waals surface area contributed by atoms with Crippen LogP contribution >= 0.6 is 15.9 Å². The van der Waals surface area contributed by atoms with Gasteiger partial charge >= 0.3 is 0 Å². The van der Waals surface area contributed by atoms with Crippen molar-refractivity contribution in [2.75, 3.05) is 5.32 Å². The maximum absolute atomic E-state index is 12.0. The number of amides is 1. The fourth-order valence-electron chi connectivity index (χ4n) is 1.36. The third-order valence-corrected chi connectivity index (χ3v) is 2.92. The zero-order valence-electron chi connectivity index (χ0n) is 9.41. The molecule has 7 nitrogen and oxygen atoms in total. The first-order valence-corrected chi connectivity index (χ1v) is 5.87. The van der Waals surface area contributed by atoms with Gasteiger partial charge in [-0.2, -0.15) is 0 Å². The molecular weight excluding hydrogens is 316 g/mol. The average Bonchev–Trinajstić information content (AvgIpc) is 2.40. The highest BCUT2D eigenvalue weighted by Gasteiger charge is 2.15. The van der Waals surface area contributed by atoms with Gasteiger partial charge in [0, 0.05) is 16.6 Å². The lowest BCUT2D eigenvalue weighted by atomic mass is 10.2. The number of hydrogen-bond acceptors (Lipinski definition) is 5. The van der Waals surface area contributed by atoms with Crippen molar-refractivity contribution in [3.63, 3.8) is 0 Å². The van der Waals surface area contributed by atoms with Crippen molar-refractivity contribution >= 4 is 33.2 Å². The van der Waals surface area contributed by atoms with Gasteiger partial charge in [-0.05, 0) is 22.0 Å². The Bertz CT molecular complexity index is 633. The molecule has 0 unspecified atom stereocenters. The lowest BCUT2D eigenvalue weighted by Crippen LogP contribution is -2.13. The van der Waals surface area contributed by atoms with E-state index in [1.807, 2.05) is 0 Å². The number of carbonyl (C=O) groups excluding carboxylic acids is 1. The Morgan fingerprint density at radius 2 is 2.00 bits per heavy atom. The molecule has 2 aromatic rings. The molecule has 0 atom stereocenters. The van der Waals surface area contributed by atoms with E-state index in [1.54, 1.807) is 0 Å². The smallest absolute Gasteiger partial charge is 0.270 e. The third kappa shape index (κ3) is 3.10. The summed E-state index contributed by atoms with van der Waals surface area (Å²) in [6.45, 7) is 0.